The molecule has 0 radical (unpaired) electrons. The Hall–Kier alpha value is -2.80. The fourth-order valence-electron chi connectivity index (χ4n) is 5.43. The number of para-hydroxylation sites is 1. The number of piperidine rings is 2. The average Bonchev–Trinajstić information content (AvgIpc) is 3.24. The lowest BCUT2D eigenvalue weighted by Crippen LogP contribution is -2.41. The molecule has 4 heterocycles. The van der Waals surface area contributed by atoms with Crippen LogP contribution in [-0.2, 0) is 0 Å². The number of carbonyl (C=O) groups is 1. The highest BCUT2D eigenvalue weighted by molar-refractivity contribution is 5.94. The summed E-state index contributed by atoms with van der Waals surface area (Å²) < 4.78 is 1.75. The van der Waals surface area contributed by atoms with Crippen molar-refractivity contribution < 1.29 is 4.79 Å². The Kier molecular flexibility index (Phi) is 6.40. The number of rotatable bonds is 5. The van der Waals surface area contributed by atoms with E-state index in [9.17, 15) is 4.79 Å². The van der Waals surface area contributed by atoms with Gasteiger partial charge in [0.1, 0.15) is 0 Å². The molecule has 0 aliphatic carbocycles. The smallest absolute Gasteiger partial charge is 0.276 e. The lowest BCUT2D eigenvalue weighted by Gasteiger charge is -2.36. The van der Waals surface area contributed by atoms with Crippen LogP contribution in [0, 0.1) is 12.8 Å². The van der Waals surface area contributed by atoms with Crippen molar-refractivity contribution in [2.24, 2.45) is 5.92 Å². The molecule has 2 aliphatic rings. The number of hydrogen-bond acceptors (Lipinski definition) is 5. The molecule has 1 unspecified atom stereocenters. The number of fused-ring (bicyclic) bond motifs is 1. The molecular formula is C26H34N6O. The number of aromatic nitrogens is 4. The van der Waals surface area contributed by atoms with E-state index < -0.39 is 0 Å². The maximum atomic E-state index is 13.3. The van der Waals surface area contributed by atoms with Crippen molar-refractivity contribution >= 4 is 16.8 Å². The number of benzene rings is 1. The quantitative estimate of drug-likeness (QED) is 0.586. The van der Waals surface area contributed by atoms with Gasteiger partial charge in [0.25, 0.3) is 5.91 Å². The number of carbonyl (C=O) groups excluding carboxylic acids is 1. The third-order valence-electron chi connectivity index (χ3n) is 7.60. The van der Waals surface area contributed by atoms with Crippen LogP contribution >= 0.6 is 0 Å². The topological polar surface area (TPSA) is 67.2 Å². The van der Waals surface area contributed by atoms with E-state index in [4.69, 9.17) is 0 Å². The number of nitrogens with zero attached hydrogens (tertiary/aromatic N) is 6. The summed E-state index contributed by atoms with van der Waals surface area (Å²) in [4.78, 5) is 22.4. The van der Waals surface area contributed by atoms with Crippen molar-refractivity contribution in [1.82, 2.24) is 29.8 Å². The maximum Gasteiger partial charge on any atom is 0.276 e. The molecular weight excluding hydrogens is 412 g/mol. The van der Waals surface area contributed by atoms with E-state index in [0.717, 1.165) is 54.3 Å². The number of hydrogen-bond donors (Lipinski definition) is 0. The van der Waals surface area contributed by atoms with Gasteiger partial charge < -0.3 is 9.80 Å². The SMILES string of the molecule is Cc1c(C(=O)N2CCC(CCN3CCCCC3C)CC2)nnn1-c1cccc2cccnc12. The molecule has 7 heteroatoms. The van der Waals surface area contributed by atoms with Crippen molar-refractivity contribution in [3.05, 3.63) is 47.9 Å². The first-order valence-corrected chi connectivity index (χ1v) is 12.4. The van der Waals surface area contributed by atoms with Crippen LogP contribution in [0.25, 0.3) is 16.6 Å². The molecule has 3 aromatic rings. The fraction of sp³-hybridized carbons (Fsp3) is 0.538. The Morgan fingerprint density at radius 2 is 1.88 bits per heavy atom. The molecule has 174 valence electrons. The molecule has 0 N–H and O–H groups in total. The van der Waals surface area contributed by atoms with Gasteiger partial charge in [-0.2, -0.15) is 0 Å². The summed E-state index contributed by atoms with van der Waals surface area (Å²) in [6.07, 6.45) is 9.23. The van der Waals surface area contributed by atoms with Crippen molar-refractivity contribution in [3.8, 4) is 5.69 Å². The second-order valence-corrected chi connectivity index (χ2v) is 9.69. The summed E-state index contributed by atoms with van der Waals surface area (Å²) in [5.74, 6) is 0.705. The minimum absolute atomic E-state index is 0.00458. The molecule has 5 rings (SSSR count). The molecule has 0 saturated carbocycles. The standard InChI is InChI=1S/C26H34N6O/c1-19-7-3-4-15-30(19)16-11-21-12-17-31(18-13-21)26(33)24-20(2)32(29-28-24)23-10-5-8-22-9-6-14-27-25(22)23/h5-6,8-10,14,19,21H,3-4,7,11-13,15-18H2,1-2H3. The van der Waals surface area contributed by atoms with Gasteiger partial charge in [0.15, 0.2) is 5.69 Å². The largest absolute Gasteiger partial charge is 0.337 e. The third kappa shape index (κ3) is 4.51. The van der Waals surface area contributed by atoms with E-state index in [1.165, 1.54) is 38.8 Å². The number of likely N-dealkylation sites (tertiary alicyclic amines) is 2. The van der Waals surface area contributed by atoms with Crippen LogP contribution in [0.2, 0.25) is 0 Å². The highest BCUT2D eigenvalue weighted by Crippen LogP contribution is 2.26. The van der Waals surface area contributed by atoms with Crippen LogP contribution in [0.4, 0.5) is 0 Å². The molecule has 1 aromatic carbocycles. The summed E-state index contributed by atoms with van der Waals surface area (Å²) in [5, 5.41) is 9.66. The Labute approximate surface area is 195 Å². The molecule has 2 aliphatic heterocycles. The predicted molar refractivity (Wildman–Crippen MR) is 130 cm³/mol. The molecule has 33 heavy (non-hydrogen) atoms. The summed E-state index contributed by atoms with van der Waals surface area (Å²) >= 11 is 0. The van der Waals surface area contributed by atoms with Gasteiger partial charge in [0.05, 0.1) is 16.9 Å². The average molecular weight is 447 g/mol. The van der Waals surface area contributed by atoms with Crippen LogP contribution in [-0.4, -0.2) is 67.9 Å². The first kappa shape index (κ1) is 22.0. The lowest BCUT2D eigenvalue weighted by molar-refractivity contribution is 0.0666. The summed E-state index contributed by atoms with van der Waals surface area (Å²) in [7, 11) is 0. The summed E-state index contributed by atoms with van der Waals surface area (Å²) in [6.45, 7) is 8.35. The van der Waals surface area contributed by atoms with Gasteiger partial charge >= 0.3 is 0 Å². The molecule has 1 amide bonds. The van der Waals surface area contributed by atoms with Gasteiger partial charge in [-0.25, -0.2) is 4.68 Å². The monoisotopic (exact) mass is 446 g/mol. The highest BCUT2D eigenvalue weighted by Gasteiger charge is 2.28. The molecule has 1 atom stereocenters. The highest BCUT2D eigenvalue weighted by atomic mass is 16.2. The molecule has 2 aromatic heterocycles. The molecule has 0 bridgehead atoms. The van der Waals surface area contributed by atoms with E-state index in [0.29, 0.717) is 11.6 Å². The van der Waals surface area contributed by atoms with Crippen LogP contribution < -0.4 is 0 Å². The van der Waals surface area contributed by atoms with Crippen molar-refractivity contribution in [3.63, 3.8) is 0 Å². The Balaban J connectivity index is 1.23. The minimum atomic E-state index is -0.00458. The summed E-state index contributed by atoms with van der Waals surface area (Å²) in [5.41, 5.74) is 2.92. The first-order valence-electron chi connectivity index (χ1n) is 12.4. The lowest BCUT2D eigenvalue weighted by atomic mass is 9.92. The van der Waals surface area contributed by atoms with Crippen molar-refractivity contribution in [1.29, 1.82) is 0 Å². The van der Waals surface area contributed by atoms with Gasteiger partial charge in [0, 0.05) is 30.7 Å². The van der Waals surface area contributed by atoms with E-state index in [-0.39, 0.29) is 5.91 Å². The molecule has 7 nitrogen and oxygen atoms in total. The second kappa shape index (κ2) is 9.59. The van der Waals surface area contributed by atoms with E-state index >= 15 is 0 Å². The van der Waals surface area contributed by atoms with Gasteiger partial charge in [-0.1, -0.05) is 29.8 Å². The Morgan fingerprint density at radius 3 is 2.70 bits per heavy atom. The Morgan fingerprint density at radius 1 is 1.06 bits per heavy atom. The van der Waals surface area contributed by atoms with Crippen LogP contribution in [0.15, 0.2) is 36.5 Å². The zero-order chi connectivity index (χ0) is 22.8. The van der Waals surface area contributed by atoms with E-state index in [1.54, 1.807) is 10.9 Å². The normalized spacial score (nSPS) is 20.4. The molecule has 0 spiro atoms. The second-order valence-electron chi connectivity index (χ2n) is 9.69. The van der Waals surface area contributed by atoms with Crippen LogP contribution in [0.5, 0.6) is 0 Å². The zero-order valence-corrected chi connectivity index (χ0v) is 19.8. The van der Waals surface area contributed by atoms with E-state index in [2.05, 4.69) is 27.1 Å². The van der Waals surface area contributed by atoms with Gasteiger partial charge in [0.2, 0.25) is 0 Å². The van der Waals surface area contributed by atoms with Gasteiger partial charge in [-0.3, -0.25) is 9.78 Å². The molecule has 2 fully saturated rings. The minimum Gasteiger partial charge on any atom is -0.337 e. The fourth-order valence-corrected chi connectivity index (χ4v) is 5.43. The molecule has 2 saturated heterocycles. The predicted octanol–water partition coefficient (Wildman–Crippen LogP) is 4.24. The first-order chi connectivity index (χ1) is 16.1. The maximum absolute atomic E-state index is 13.3. The van der Waals surface area contributed by atoms with Crippen LogP contribution in [0.1, 0.15) is 61.6 Å². The number of amides is 1. The summed E-state index contributed by atoms with van der Waals surface area (Å²) in [6, 6.07) is 10.7. The van der Waals surface area contributed by atoms with Gasteiger partial charge in [-0.05, 0) is 77.1 Å². The van der Waals surface area contributed by atoms with Crippen molar-refractivity contribution in [2.45, 2.75) is 58.4 Å². The Bertz CT molecular complexity index is 1110. The third-order valence-corrected chi connectivity index (χ3v) is 7.60. The van der Waals surface area contributed by atoms with E-state index in [1.807, 2.05) is 42.2 Å². The zero-order valence-electron chi connectivity index (χ0n) is 19.8. The van der Waals surface area contributed by atoms with Crippen molar-refractivity contribution in [2.75, 3.05) is 26.2 Å². The van der Waals surface area contributed by atoms with Crippen LogP contribution in [0.3, 0.4) is 0 Å². The van der Waals surface area contributed by atoms with Gasteiger partial charge in [-0.15, -0.1) is 5.10 Å². The number of pyridine rings is 1.